The first-order valence-electron chi connectivity index (χ1n) is 7.20. The van der Waals surface area contributed by atoms with Gasteiger partial charge in [-0.2, -0.15) is 13.2 Å². The highest BCUT2D eigenvalue weighted by Gasteiger charge is 2.33. The predicted molar refractivity (Wildman–Crippen MR) is 79.7 cm³/mol. The van der Waals surface area contributed by atoms with Crippen molar-refractivity contribution in [3.05, 3.63) is 28.9 Å². The highest BCUT2D eigenvalue weighted by Crippen LogP contribution is 2.33. The van der Waals surface area contributed by atoms with Gasteiger partial charge in [0.05, 0.1) is 0 Å². The van der Waals surface area contributed by atoms with Crippen molar-refractivity contribution in [1.82, 2.24) is 20.1 Å². The van der Waals surface area contributed by atoms with Gasteiger partial charge >= 0.3 is 12.3 Å². The fourth-order valence-corrected chi connectivity index (χ4v) is 3.51. The molecule has 0 aromatic carbocycles. The van der Waals surface area contributed by atoms with Gasteiger partial charge in [0, 0.05) is 19.0 Å². The van der Waals surface area contributed by atoms with Gasteiger partial charge in [-0.05, 0) is 25.0 Å². The molecule has 0 aliphatic carbocycles. The zero-order chi connectivity index (χ0) is 17.3. The molecule has 1 atom stereocenters. The minimum atomic E-state index is -4.52. The Morgan fingerprint density at radius 3 is 2.83 bits per heavy atom. The number of likely N-dealkylation sites (tertiary alicyclic amines) is 1. The number of carbonyl (C=O) groups is 1. The summed E-state index contributed by atoms with van der Waals surface area (Å²) in [5.74, 6) is -0.0908. The number of rotatable bonds is 2. The van der Waals surface area contributed by atoms with Gasteiger partial charge in [-0.1, -0.05) is 17.4 Å². The highest BCUT2D eigenvalue weighted by molar-refractivity contribution is 7.14. The van der Waals surface area contributed by atoms with Crippen LogP contribution in [0.25, 0.3) is 10.7 Å². The molecular weight excluding hydrogens is 345 g/mol. The third-order valence-corrected chi connectivity index (χ3v) is 4.85. The normalized spacial score (nSPS) is 18.6. The number of alkyl halides is 3. The molecule has 1 saturated heterocycles. The molecule has 1 fully saturated rings. The summed E-state index contributed by atoms with van der Waals surface area (Å²) in [4.78, 5) is 16.0. The van der Waals surface area contributed by atoms with Gasteiger partial charge in [0.1, 0.15) is 16.4 Å². The zero-order valence-electron chi connectivity index (χ0n) is 12.3. The number of nitrogens with zero attached hydrogens (tertiary/aromatic N) is 4. The van der Waals surface area contributed by atoms with Crippen LogP contribution in [0.15, 0.2) is 18.2 Å². The summed E-state index contributed by atoms with van der Waals surface area (Å²) in [5.41, 5.74) is -0.869. The Kier molecular flexibility index (Phi) is 4.39. The molecule has 1 unspecified atom stereocenters. The van der Waals surface area contributed by atoms with E-state index in [2.05, 4.69) is 15.2 Å². The van der Waals surface area contributed by atoms with E-state index in [1.807, 2.05) is 0 Å². The van der Waals surface area contributed by atoms with E-state index in [0.29, 0.717) is 29.5 Å². The Balaban J connectivity index is 1.82. The minimum Gasteiger partial charge on any atom is -0.465 e. The molecule has 1 aliphatic heterocycles. The molecule has 2 aromatic heterocycles. The standard InChI is InChI=1S/C14H13F3N4O2S/c15-14(16,17)10-5-1-4-9(18-10)12-20-19-11(24-12)8-3-2-6-21(7-8)13(22)23/h1,4-5,8H,2-3,6-7H2,(H,22,23). The van der Waals surface area contributed by atoms with Crippen molar-refractivity contribution in [2.75, 3.05) is 13.1 Å². The van der Waals surface area contributed by atoms with Gasteiger partial charge in [-0.3, -0.25) is 0 Å². The second-order valence-corrected chi connectivity index (χ2v) is 6.43. The molecule has 6 nitrogen and oxygen atoms in total. The molecule has 128 valence electrons. The van der Waals surface area contributed by atoms with Crippen LogP contribution in [-0.2, 0) is 6.18 Å². The number of hydrogen-bond acceptors (Lipinski definition) is 5. The predicted octanol–water partition coefficient (Wildman–Crippen LogP) is 3.48. The highest BCUT2D eigenvalue weighted by atomic mass is 32.1. The summed E-state index contributed by atoms with van der Waals surface area (Å²) in [6.45, 7) is 0.798. The van der Waals surface area contributed by atoms with Gasteiger partial charge in [-0.25, -0.2) is 9.78 Å². The number of piperidine rings is 1. The van der Waals surface area contributed by atoms with Crippen LogP contribution in [-0.4, -0.2) is 44.4 Å². The molecule has 1 N–H and O–H groups in total. The second kappa shape index (κ2) is 6.34. The first-order chi connectivity index (χ1) is 11.3. The molecule has 24 heavy (non-hydrogen) atoms. The van der Waals surface area contributed by atoms with Crippen LogP contribution in [0, 0.1) is 0 Å². The molecule has 0 radical (unpaired) electrons. The monoisotopic (exact) mass is 358 g/mol. The fraction of sp³-hybridized carbons (Fsp3) is 0.429. The summed E-state index contributed by atoms with van der Waals surface area (Å²) in [6, 6.07) is 3.63. The molecule has 2 aromatic rings. The summed E-state index contributed by atoms with van der Waals surface area (Å²) in [7, 11) is 0. The molecule has 3 heterocycles. The Morgan fingerprint density at radius 2 is 2.12 bits per heavy atom. The van der Waals surface area contributed by atoms with E-state index in [1.54, 1.807) is 0 Å². The van der Waals surface area contributed by atoms with Gasteiger partial charge in [0.15, 0.2) is 5.01 Å². The van der Waals surface area contributed by atoms with Crippen molar-refractivity contribution < 1.29 is 23.1 Å². The van der Waals surface area contributed by atoms with Gasteiger partial charge in [0.2, 0.25) is 0 Å². The lowest BCUT2D eigenvalue weighted by atomic mass is 9.99. The lowest BCUT2D eigenvalue weighted by Crippen LogP contribution is -2.38. The van der Waals surface area contributed by atoms with E-state index in [4.69, 9.17) is 5.11 Å². The van der Waals surface area contributed by atoms with Crippen molar-refractivity contribution in [3.8, 4) is 10.7 Å². The first-order valence-corrected chi connectivity index (χ1v) is 8.02. The van der Waals surface area contributed by atoms with Crippen molar-refractivity contribution in [2.45, 2.75) is 24.9 Å². The smallest absolute Gasteiger partial charge is 0.433 e. The maximum atomic E-state index is 12.7. The Hall–Kier alpha value is -2.23. The summed E-state index contributed by atoms with van der Waals surface area (Å²) >= 11 is 1.15. The third kappa shape index (κ3) is 3.48. The largest absolute Gasteiger partial charge is 0.465 e. The van der Waals surface area contributed by atoms with E-state index in [0.717, 1.165) is 23.8 Å². The summed E-state index contributed by atoms with van der Waals surface area (Å²) in [5, 5.41) is 17.9. The van der Waals surface area contributed by atoms with Crippen LogP contribution in [0.3, 0.4) is 0 Å². The van der Waals surface area contributed by atoms with Crippen LogP contribution < -0.4 is 0 Å². The average molecular weight is 358 g/mol. The van der Waals surface area contributed by atoms with Crippen molar-refractivity contribution in [3.63, 3.8) is 0 Å². The van der Waals surface area contributed by atoms with E-state index in [-0.39, 0.29) is 11.6 Å². The Morgan fingerprint density at radius 1 is 1.33 bits per heavy atom. The molecule has 10 heteroatoms. The third-order valence-electron chi connectivity index (χ3n) is 3.74. The molecule has 1 aliphatic rings. The first kappa shape index (κ1) is 16.6. The van der Waals surface area contributed by atoms with Crippen LogP contribution in [0.1, 0.15) is 29.5 Å². The Bertz CT molecular complexity index is 750. The maximum Gasteiger partial charge on any atom is 0.433 e. The quantitative estimate of drug-likeness (QED) is 0.889. The average Bonchev–Trinajstić information content (AvgIpc) is 3.04. The van der Waals surface area contributed by atoms with Gasteiger partial charge in [0.25, 0.3) is 0 Å². The topological polar surface area (TPSA) is 79.2 Å². The van der Waals surface area contributed by atoms with Crippen LogP contribution in [0.2, 0.25) is 0 Å². The molecule has 0 bridgehead atoms. The van der Waals surface area contributed by atoms with E-state index < -0.39 is 18.0 Å². The molecule has 1 amide bonds. The van der Waals surface area contributed by atoms with Crippen molar-refractivity contribution in [2.24, 2.45) is 0 Å². The summed E-state index contributed by atoms with van der Waals surface area (Å²) < 4.78 is 38.2. The molecule has 3 rings (SSSR count). The van der Waals surface area contributed by atoms with Crippen LogP contribution >= 0.6 is 11.3 Å². The van der Waals surface area contributed by atoms with Crippen LogP contribution in [0.5, 0.6) is 0 Å². The molecule has 0 spiro atoms. The fourth-order valence-electron chi connectivity index (χ4n) is 2.57. The van der Waals surface area contributed by atoms with E-state index in [1.165, 1.54) is 17.0 Å². The maximum absolute atomic E-state index is 12.7. The van der Waals surface area contributed by atoms with E-state index in [9.17, 15) is 18.0 Å². The summed E-state index contributed by atoms with van der Waals surface area (Å²) in [6.07, 6.45) is -4.01. The SMILES string of the molecule is O=C(O)N1CCCC(c2nnc(-c3cccc(C(F)(F)F)n3)s2)C1. The number of carboxylic acid groups (broad SMARTS) is 1. The van der Waals surface area contributed by atoms with Gasteiger partial charge in [-0.15, -0.1) is 10.2 Å². The van der Waals surface area contributed by atoms with Crippen LogP contribution in [0.4, 0.5) is 18.0 Å². The van der Waals surface area contributed by atoms with E-state index >= 15 is 0 Å². The van der Waals surface area contributed by atoms with Gasteiger partial charge < -0.3 is 10.0 Å². The zero-order valence-corrected chi connectivity index (χ0v) is 13.1. The second-order valence-electron chi connectivity index (χ2n) is 5.42. The molecule has 0 saturated carbocycles. The molecular formula is C14H13F3N4O2S. The van der Waals surface area contributed by atoms with Crippen molar-refractivity contribution in [1.29, 1.82) is 0 Å². The lowest BCUT2D eigenvalue weighted by Gasteiger charge is -2.29. The number of pyridine rings is 1. The van der Waals surface area contributed by atoms with Crippen molar-refractivity contribution >= 4 is 17.4 Å². The lowest BCUT2D eigenvalue weighted by molar-refractivity contribution is -0.141. The minimum absolute atomic E-state index is 0.0908. The number of amides is 1. The number of halogens is 3. The number of aromatic nitrogens is 3. The Labute approximate surface area is 139 Å². The number of hydrogen-bond donors (Lipinski definition) is 1.